The van der Waals surface area contributed by atoms with Crippen molar-refractivity contribution in [3.05, 3.63) is 35.7 Å². The summed E-state index contributed by atoms with van der Waals surface area (Å²) < 4.78 is 7.40. The Bertz CT molecular complexity index is 581. The Morgan fingerprint density at radius 2 is 1.90 bits per heavy atom. The van der Waals surface area contributed by atoms with Gasteiger partial charge in [0.25, 0.3) is 0 Å². The molecule has 0 atom stereocenters. The van der Waals surface area contributed by atoms with Gasteiger partial charge in [0.1, 0.15) is 11.4 Å². The first-order valence-electron chi connectivity index (χ1n) is 6.93. The van der Waals surface area contributed by atoms with Crippen LogP contribution in [-0.2, 0) is 5.41 Å². The molecule has 0 aliphatic rings. The van der Waals surface area contributed by atoms with Crippen molar-refractivity contribution < 1.29 is 4.74 Å². The van der Waals surface area contributed by atoms with Crippen molar-refractivity contribution in [2.45, 2.75) is 46.0 Å². The predicted molar refractivity (Wildman–Crippen MR) is 80.7 cm³/mol. The number of rotatable bonds is 3. The van der Waals surface area contributed by atoms with E-state index in [-0.39, 0.29) is 5.41 Å². The van der Waals surface area contributed by atoms with E-state index < -0.39 is 0 Å². The topological polar surface area (TPSA) is 39.9 Å². The summed E-state index contributed by atoms with van der Waals surface area (Å²) in [6, 6.07) is 4.38. The molecule has 0 radical (unpaired) electrons. The Morgan fingerprint density at radius 1 is 1.20 bits per heavy atom. The highest BCUT2D eigenvalue weighted by molar-refractivity contribution is 5.56. The third-order valence-electron chi connectivity index (χ3n) is 3.46. The Labute approximate surface area is 120 Å². The second-order valence-electron chi connectivity index (χ2n) is 6.37. The fraction of sp³-hybridized carbons (Fsp3) is 0.500. The molecule has 0 aliphatic heterocycles. The highest BCUT2D eigenvalue weighted by Crippen LogP contribution is 2.37. The molecular weight excluding hydrogens is 250 g/mol. The SMILES string of the molecule is COc1c(C(C)C)cc(C(C)(C)C)cc1-n1ccnn1. The van der Waals surface area contributed by atoms with Crippen molar-refractivity contribution in [2.24, 2.45) is 0 Å². The highest BCUT2D eigenvalue weighted by Gasteiger charge is 2.21. The van der Waals surface area contributed by atoms with Crippen molar-refractivity contribution in [1.82, 2.24) is 15.0 Å². The maximum absolute atomic E-state index is 5.64. The van der Waals surface area contributed by atoms with Crippen LogP contribution in [0.5, 0.6) is 5.75 Å². The minimum absolute atomic E-state index is 0.0746. The van der Waals surface area contributed by atoms with Crippen molar-refractivity contribution in [1.29, 1.82) is 0 Å². The van der Waals surface area contributed by atoms with Crippen LogP contribution < -0.4 is 4.74 Å². The number of benzene rings is 1. The molecule has 1 aromatic carbocycles. The van der Waals surface area contributed by atoms with E-state index in [2.05, 4.69) is 57.1 Å². The number of hydrogen-bond donors (Lipinski definition) is 0. The number of nitrogens with zero attached hydrogens (tertiary/aromatic N) is 3. The molecule has 20 heavy (non-hydrogen) atoms. The van der Waals surface area contributed by atoms with Gasteiger partial charge in [0.2, 0.25) is 0 Å². The van der Waals surface area contributed by atoms with Gasteiger partial charge in [-0.05, 0) is 28.5 Å². The fourth-order valence-electron chi connectivity index (χ4n) is 2.23. The van der Waals surface area contributed by atoms with Crippen LogP contribution in [0.2, 0.25) is 0 Å². The average molecular weight is 273 g/mol. The van der Waals surface area contributed by atoms with Gasteiger partial charge in [-0.15, -0.1) is 5.10 Å². The largest absolute Gasteiger partial charge is 0.494 e. The molecule has 0 unspecified atom stereocenters. The van der Waals surface area contributed by atoms with Gasteiger partial charge in [-0.3, -0.25) is 0 Å². The molecule has 2 aromatic rings. The van der Waals surface area contributed by atoms with Crippen LogP contribution in [0.15, 0.2) is 24.5 Å². The lowest BCUT2D eigenvalue weighted by Crippen LogP contribution is -2.14. The lowest BCUT2D eigenvalue weighted by atomic mass is 9.84. The van der Waals surface area contributed by atoms with Crippen molar-refractivity contribution >= 4 is 0 Å². The molecular formula is C16H23N3O. The predicted octanol–water partition coefficient (Wildman–Crippen LogP) is 3.70. The van der Waals surface area contributed by atoms with E-state index in [1.807, 2.05) is 6.20 Å². The minimum atomic E-state index is 0.0746. The Hall–Kier alpha value is -1.84. The molecule has 0 saturated carbocycles. The maximum Gasteiger partial charge on any atom is 0.148 e. The second kappa shape index (κ2) is 5.27. The second-order valence-corrected chi connectivity index (χ2v) is 6.37. The molecule has 0 fully saturated rings. The van der Waals surface area contributed by atoms with Gasteiger partial charge < -0.3 is 4.74 Å². The number of methoxy groups -OCH3 is 1. The standard InChI is InChI=1S/C16H23N3O/c1-11(2)13-9-12(16(3,4)5)10-14(15(13)20-6)19-8-7-17-18-19/h7-11H,1-6H3. The molecule has 0 bridgehead atoms. The lowest BCUT2D eigenvalue weighted by Gasteiger charge is -2.24. The van der Waals surface area contributed by atoms with Crippen LogP contribution in [0, 0.1) is 0 Å². The summed E-state index contributed by atoms with van der Waals surface area (Å²) in [7, 11) is 1.71. The maximum atomic E-state index is 5.64. The summed E-state index contributed by atoms with van der Waals surface area (Å²) in [5.74, 6) is 1.26. The summed E-state index contributed by atoms with van der Waals surface area (Å²) in [6.45, 7) is 11.0. The van der Waals surface area contributed by atoms with E-state index in [9.17, 15) is 0 Å². The Kier molecular flexibility index (Phi) is 3.84. The van der Waals surface area contributed by atoms with Crippen LogP contribution in [0.25, 0.3) is 5.69 Å². The van der Waals surface area contributed by atoms with Gasteiger partial charge in [-0.2, -0.15) is 0 Å². The van der Waals surface area contributed by atoms with Crippen LogP contribution in [-0.4, -0.2) is 22.1 Å². The normalized spacial score (nSPS) is 11.9. The van der Waals surface area contributed by atoms with Gasteiger partial charge in [0, 0.05) is 0 Å². The fourth-order valence-corrected chi connectivity index (χ4v) is 2.23. The molecule has 4 heteroatoms. The van der Waals surface area contributed by atoms with E-state index >= 15 is 0 Å². The lowest BCUT2D eigenvalue weighted by molar-refractivity contribution is 0.403. The van der Waals surface area contributed by atoms with Crippen LogP contribution in [0.4, 0.5) is 0 Å². The molecule has 1 aromatic heterocycles. The van der Waals surface area contributed by atoms with Gasteiger partial charge >= 0.3 is 0 Å². The first-order valence-corrected chi connectivity index (χ1v) is 6.93. The van der Waals surface area contributed by atoms with Crippen LogP contribution in [0.1, 0.15) is 51.7 Å². The van der Waals surface area contributed by atoms with Gasteiger partial charge in [-0.25, -0.2) is 4.68 Å². The average Bonchev–Trinajstić information content (AvgIpc) is 2.89. The Morgan fingerprint density at radius 3 is 2.35 bits per heavy atom. The molecule has 4 nitrogen and oxygen atoms in total. The molecule has 0 aliphatic carbocycles. The molecule has 1 heterocycles. The Balaban J connectivity index is 2.73. The number of hydrogen-bond acceptors (Lipinski definition) is 3. The number of ether oxygens (including phenoxy) is 1. The first-order chi connectivity index (χ1) is 9.34. The van der Waals surface area contributed by atoms with E-state index in [1.165, 1.54) is 11.1 Å². The first kappa shape index (κ1) is 14.6. The van der Waals surface area contributed by atoms with E-state index in [4.69, 9.17) is 4.74 Å². The van der Waals surface area contributed by atoms with Crippen molar-refractivity contribution in [2.75, 3.05) is 7.11 Å². The summed E-state index contributed by atoms with van der Waals surface area (Å²) in [5.41, 5.74) is 3.49. The van der Waals surface area contributed by atoms with Crippen molar-refractivity contribution in [3.63, 3.8) is 0 Å². The van der Waals surface area contributed by atoms with E-state index in [0.29, 0.717) is 5.92 Å². The quantitative estimate of drug-likeness (QED) is 0.856. The van der Waals surface area contributed by atoms with Gasteiger partial charge in [0.05, 0.1) is 19.5 Å². The van der Waals surface area contributed by atoms with Crippen molar-refractivity contribution in [3.8, 4) is 11.4 Å². The van der Waals surface area contributed by atoms with Gasteiger partial charge in [0.15, 0.2) is 0 Å². The molecule has 0 amide bonds. The third kappa shape index (κ3) is 2.69. The number of aromatic nitrogens is 3. The minimum Gasteiger partial charge on any atom is -0.494 e. The molecule has 0 N–H and O–H groups in total. The zero-order chi connectivity index (χ0) is 14.9. The molecule has 2 rings (SSSR count). The zero-order valence-corrected chi connectivity index (χ0v) is 13.1. The third-order valence-corrected chi connectivity index (χ3v) is 3.46. The smallest absolute Gasteiger partial charge is 0.148 e. The molecule has 0 spiro atoms. The van der Waals surface area contributed by atoms with E-state index in [1.54, 1.807) is 18.0 Å². The van der Waals surface area contributed by atoms with Gasteiger partial charge in [-0.1, -0.05) is 45.9 Å². The molecule has 0 saturated heterocycles. The summed E-state index contributed by atoms with van der Waals surface area (Å²) in [4.78, 5) is 0. The zero-order valence-electron chi connectivity index (χ0n) is 13.1. The van der Waals surface area contributed by atoms with Crippen LogP contribution >= 0.6 is 0 Å². The monoisotopic (exact) mass is 273 g/mol. The van der Waals surface area contributed by atoms with E-state index in [0.717, 1.165) is 11.4 Å². The molecule has 108 valence electrons. The summed E-state index contributed by atoms with van der Waals surface area (Å²) >= 11 is 0. The summed E-state index contributed by atoms with van der Waals surface area (Å²) in [6.07, 6.45) is 3.52. The highest BCUT2D eigenvalue weighted by atomic mass is 16.5. The summed E-state index contributed by atoms with van der Waals surface area (Å²) in [5, 5.41) is 8.00. The van der Waals surface area contributed by atoms with Crippen LogP contribution in [0.3, 0.4) is 0 Å².